The van der Waals surface area contributed by atoms with Crippen molar-refractivity contribution in [3.05, 3.63) is 106 Å². The molecule has 0 spiro atoms. The first-order valence-corrected chi connectivity index (χ1v) is 13.2. The smallest absolute Gasteiger partial charge is 0.174 e. The van der Waals surface area contributed by atoms with Crippen molar-refractivity contribution in [2.75, 3.05) is 11.5 Å². The average molecular weight is 511 g/mol. The highest BCUT2D eigenvalue weighted by Gasteiger charge is 2.42. The van der Waals surface area contributed by atoms with Crippen molar-refractivity contribution in [2.24, 2.45) is 0 Å². The Kier molecular flexibility index (Phi) is 6.78. The fourth-order valence-corrected chi connectivity index (χ4v) is 6.12. The van der Waals surface area contributed by atoms with Gasteiger partial charge in [0, 0.05) is 23.3 Å². The zero-order valence-corrected chi connectivity index (χ0v) is 23.2. The van der Waals surface area contributed by atoms with E-state index >= 15 is 0 Å². The van der Waals surface area contributed by atoms with Gasteiger partial charge in [0.25, 0.3) is 0 Å². The Labute approximate surface area is 225 Å². The second-order valence-corrected chi connectivity index (χ2v) is 10.2. The van der Waals surface area contributed by atoms with Gasteiger partial charge in [0.2, 0.25) is 0 Å². The van der Waals surface area contributed by atoms with Crippen LogP contribution in [-0.4, -0.2) is 21.3 Å². The Hall–Kier alpha value is -3.64. The van der Waals surface area contributed by atoms with E-state index in [1.54, 1.807) is 0 Å². The van der Waals surface area contributed by atoms with Crippen LogP contribution >= 0.6 is 12.2 Å². The number of thiocarbonyl (C=S) groups is 1. The molecule has 37 heavy (non-hydrogen) atoms. The van der Waals surface area contributed by atoms with Crippen molar-refractivity contribution in [1.29, 1.82) is 0 Å². The number of pyridine rings is 1. The third-order valence-electron chi connectivity index (χ3n) is 7.17. The van der Waals surface area contributed by atoms with Crippen molar-refractivity contribution in [3.8, 4) is 11.4 Å². The highest BCUT2D eigenvalue weighted by molar-refractivity contribution is 7.80. The summed E-state index contributed by atoms with van der Waals surface area (Å²) in [6.07, 6.45) is 1.85. The molecule has 2 atom stereocenters. The minimum atomic E-state index is -0.0885. The van der Waals surface area contributed by atoms with E-state index in [9.17, 15) is 0 Å². The summed E-state index contributed by atoms with van der Waals surface area (Å²) >= 11 is 5.94. The Morgan fingerprint density at radius 3 is 2.27 bits per heavy atom. The van der Waals surface area contributed by atoms with E-state index in [1.165, 1.54) is 39.3 Å². The van der Waals surface area contributed by atoms with E-state index in [4.69, 9.17) is 21.9 Å². The van der Waals surface area contributed by atoms with Crippen molar-refractivity contribution in [3.63, 3.8) is 0 Å². The van der Waals surface area contributed by atoms with E-state index in [1.807, 2.05) is 37.4 Å². The summed E-state index contributed by atoms with van der Waals surface area (Å²) < 4.78 is 8.09. The Bertz CT molecular complexity index is 1420. The summed E-state index contributed by atoms with van der Waals surface area (Å²) in [6, 6.07) is 20.9. The van der Waals surface area contributed by atoms with Crippen LogP contribution in [0.2, 0.25) is 0 Å². The number of benzene rings is 2. The summed E-state index contributed by atoms with van der Waals surface area (Å²) in [5.41, 5.74) is 10.7. The molecule has 2 aromatic heterocycles. The molecule has 0 saturated carbocycles. The number of aromatic nitrogens is 2. The van der Waals surface area contributed by atoms with Crippen LogP contribution in [0.5, 0.6) is 5.75 Å². The first-order chi connectivity index (χ1) is 17.8. The number of rotatable bonds is 6. The predicted molar refractivity (Wildman–Crippen MR) is 155 cm³/mol. The lowest BCUT2D eigenvalue weighted by Gasteiger charge is -2.28. The van der Waals surface area contributed by atoms with Crippen LogP contribution in [0, 0.1) is 34.6 Å². The van der Waals surface area contributed by atoms with Crippen LogP contribution in [0.1, 0.15) is 58.3 Å². The lowest BCUT2D eigenvalue weighted by atomic mass is 9.96. The molecule has 1 fully saturated rings. The topological polar surface area (TPSA) is 42.3 Å². The van der Waals surface area contributed by atoms with Gasteiger partial charge in [0.15, 0.2) is 5.11 Å². The molecule has 190 valence electrons. The molecule has 6 heteroatoms. The number of aryl methyl sites for hydroxylation is 4. The van der Waals surface area contributed by atoms with Gasteiger partial charge in [-0.05, 0) is 113 Å². The zero-order valence-electron chi connectivity index (χ0n) is 22.4. The average Bonchev–Trinajstić information content (AvgIpc) is 3.36. The molecule has 2 aromatic carbocycles. The third kappa shape index (κ3) is 4.51. The number of ether oxygens (including phenoxy) is 1. The van der Waals surface area contributed by atoms with Crippen LogP contribution in [0.15, 0.2) is 66.9 Å². The first-order valence-electron chi connectivity index (χ1n) is 12.8. The van der Waals surface area contributed by atoms with E-state index in [0.29, 0.717) is 11.7 Å². The van der Waals surface area contributed by atoms with Crippen LogP contribution in [-0.2, 0) is 0 Å². The monoisotopic (exact) mass is 510 g/mol. The third-order valence-corrected chi connectivity index (χ3v) is 7.49. The zero-order chi connectivity index (χ0) is 26.3. The molecule has 0 aliphatic carbocycles. The highest BCUT2D eigenvalue weighted by atomic mass is 32.1. The van der Waals surface area contributed by atoms with Crippen molar-refractivity contribution in [1.82, 2.24) is 14.9 Å². The second-order valence-electron chi connectivity index (χ2n) is 9.83. The van der Waals surface area contributed by atoms with Crippen molar-refractivity contribution < 1.29 is 4.74 Å². The molecule has 1 N–H and O–H groups in total. The summed E-state index contributed by atoms with van der Waals surface area (Å²) in [4.78, 5) is 6.94. The van der Waals surface area contributed by atoms with E-state index < -0.39 is 0 Å². The molecule has 0 amide bonds. The summed E-state index contributed by atoms with van der Waals surface area (Å²) in [6.45, 7) is 13.6. The molecule has 1 saturated heterocycles. The Morgan fingerprint density at radius 2 is 1.65 bits per heavy atom. The Balaban J connectivity index is 1.67. The van der Waals surface area contributed by atoms with E-state index in [-0.39, 0.29) is 12.1 Å². The van der Waals surface area contributed by atoms with Gasteiger partial charge in [-0.25, -0.2) is 0 Å². The number of nitrogens with one attached hydrogen (secondary N) is 1. The van der Waals surface area contributed by atoms with Gasteiger partial charge >= 0.3 is 0 Å². The molecule has 0 bridgehead atoms. The number of anilines is 1. The fraction of sp³-hybridized carbons (Fsp3) is 0.290. The number of hydrogen-bond donors (Lipinski definition) is 1. The minimum Gasteiger partial charge on any atom is -0.494 e. The largest absolute Gasteiger partial charge is 0.494 e. The van der Waals surface area contributed by atoms with Gasteiger partial charge in [-0.3, -0.25) is 4.98 Å². The van der Waals surface area contributed by atoms with Gasteiger partial charge in [0.1, 0.15) is 5.75 Å². The van der Waals surface area contributed by atoms with Gasteiger partial charge < -0.3 is 19.5 Å². The van der Waals surface area contributed by atoms with Gasteiger partial charge in [-0.1, -0.05) is 23.8 Å². The number of nitrogens with zero attached hydrogens (tertiary/aromatic N) is 3. The van der Waals surface area contributed by atoms with Gasteiger partial charge in [-0.15, -0.1) is 0 Å². The lowest BCUT2D eigenvalue weighted by molar-refractivity contribution is 0.340. The summed E-state index contributed by atoms with van der Waals surface area (Å²) in [5.74, 6) is 0.852. The van der Waals surface area contributed by atoms with Crippen molar-refractivity contribution >= 4 is 23.0 Å². The fourth-order valence-electron chi connectivity index (χ4n) is 5.77. The molecule has 1 aliphatic heterocycles. The van der Waals surface area contributed by atoms with Crippen LogP contribution < -0.4 is 15.0 Å². The maximum Gasteiger partial charge on any atom is 0.174 e. The molecule has 4 aromatic rings. The van der Waals surface area contributed by atoms with Crippen LogP contribution in [0.3, 0.4) is 0 Å². The lowest BCUT2D eigenvalue weighted by Crippen LogP contribution is -2.29. The molecular weight excluding hydrogens is 476 g/mol. The van der Waals surface area contributed by atoms with Gasteiger partial charge in [0.05, 0.1) is 30.1 Å². The molecule has 5 rings (SSSR count). The SMILES string of the molecule is CCOc1ccc(N2C(=S)NC(c3ccccn3)C2c2cc(C)n(-c3c(C)cc(C)cc3C)c2C)cc1. The highest BCUT2D eigenvalue weighted by Crippen LogP contribution is 2.44. The summed E-state index contributed by atoms with van der Waals surface area (Å²) in [5, 5.41) is 4.28. The Morgan fingerprint density at radius 1 is 0.946 bits per heavy atom. The first kappa shape index (κ1) is 25.0. The van der Waals surface area contributed by atoms with Crippen molar-refractivity contribution in [2.45, 2.75) is 53.6 Å². The normalized spacial score (nSPS) is 17.2. The van der Waals surface area contributed by atoms with E-state index in [0.717, 1.165) is 17.1 Å². The second kappa shape index (κ2) is 10.0. The quantitative estimate of drug-likeness (QED) is 0.283. The van der Waals surface area contributed by atoms with Crippen LogP contribution in [0.4, 0.5) is 5.69 Å². The molecule has 0 radical (unpaired) electrons. The maximum atomic E-state index is 5.94. The molecule has 3 heterocycles. The van der Waals surface area contributed by atoms with Crippen LogP contribution in [0.25, 0.3) is 5.69 Å². The molecular formula is C31H34N4OS. The van der Waals surface area contributed by atoms with E-state index in [2.05, 4.69) is 85.8 Å². The molecule has 1 aliphatic rings. The summed E-state index contributed by atoms with van der Waals surface area (Å²) in [7, 11) is 0. The molecule has 5 nitrogen and oxygen atoms in total. The minimum absolute atomic E-state index is 0.0636. The number of hydrogen-bond acceptors (Lipinski definition) is 3. The molecule has 2 unspecified atom stereocenters. The standard InChI is InChI=1S/C31H34N4OS/c1-7-36-25-13-11-24(12-14-25)35-30(28(33-31(35)37)27-10-8-9-15-32-27)26-18-22(5)34(23(26)6)29-20(3)16-19(2)17-21(29)4/h8-18,28,30H,7H2,1-6H3,(H,33,37). The maximum absolute atomic E-state index is 5.94. The van der Waals surface area contributed by atoms with Gasteiger partial charge in [-0.2, -0.15) is 0 Å². The predicted octanol–water partition coefficient (Wildman–Crippen LogP) is 6.99.